The van der Waals surface area contributed by atoms with Crippen LogP contribution in [-0.4, -0.2) is 25.8 Å². The van der Waals surface area contributed by atoms with Gasteiger partial charge in [-0.25, -0.2) is 5.43 Å². The van der Waals surface area contributed by atoms with Crippen LogP contribution in [0.2, 0.25) is 0 Å². The Balaban J connectivity index is 1.68. The fourth-order valence-electron chi connectivity index (χ4n) is 2.35. The molecular formula is C20H15BrN2O4. The van der Waals surface area contributed by atoms with Crippen molar-refractivity contribution < 1.29 is 18.7 Å². The molecule has 0 saturated carbocycles. The maximum absolute atomic E-state index is 12.2. The number of methoxy groups -OCH3 is 1. The molecule has 1 heterocycles. The van der Waals surface area contributed by atoms with E-state index in [1.165, 1.54) is 13.3 Å². The molecule has 0 aliphatic carbocycles. The number of ether oxygens (including phenoxy) is 2. The van der Waals surface area contributed by atoms with E-state index in [9.17, 15) is 4.79 Å². The summed E-state index contributed by atoms with van der Waals surface area (Å²) in [5.41, 5.74) is 3.78. The van der Waals surface area contributed by atoms with Crippen LogP contribution in [-0.2, 0) is 0 Å². The molecule has 1 aromatic heterocycles. The first-order chi connectivity index (χ1) is 13.1. The zero-order valence-electron chi connectivity index (χ0n) is 14.4. The number of fused-ring (bicyclic) bond motifs is 1. The van der Waals surface area contributed by atoms with E-state index < -0.39 is 5.91 Å². The summed E-state index contributed by atoms with van der Waals surface area (Å²) >= 11 is 3.38. The van der Waals surface area contributed by atoms with Crippen molar-refractivity contribution in [1.29, 1.82) is 0 Å². The molecule has 0 bridgehead atoms. The molecule has 6 nitrogen and oxygen atoms in total. The fourth-order valence-corrected chi connectivity index (χ4v) is 2.73. The number of hydrogen-bond acceptors (Lipinski definition) is 5. The number of hydrazone groups is 1. The van der Waals surface area contributed by atoms with Gasteiger partial charge in [-0.05, 0) is 48.0 Å². The van der Waals surface area contributed by atoms with Gasteiger partial charge in [0, 0.05) is 9.86 Å². The Kier molecular flexibility index (Phi) is 5.79. The normalized spacial score (nSPS) is 10.7. The highest BCUT2D eigenvalue weighted by molar-refractivity contribution is 9.10. The van der Waals surface area contributed by atoms with E-state index in [4.69, 9.17) is 20.3 Å². The lowest BCUT2D eigenvalue weighted by Crippen LogP contribution is -2.16. The number of carbonyl (C=O) groups excluding carboxylic acids is 1. The molecule has 1 amide bonds. The maximum Gasteiger partial charge on any atom is 0.307 e. The van der Waals surface area contributed by atoms with Crippen molar-refractivity contribution in [2.24, 2.45) is 5.10 Å². The van der Waals surface area contributed by atoms with Crippen molar-refractivity contribution in [3.8, 4) is 23.8 Å². The van der Waals surface area contributed by atoms with Crippen molar-refractivity contribution in [2.45, 2.75) is 0 Å². The minimum Gasteiger partial charge on any atom is -0.493 e. The van der Waals surface area contributed by atoms with Gasteiger partial charge in [0.05, 0.1) is 13.3 Å². The van der Waals surface area contributed by atoms with Gasteiger partial charge >= 0.3 is 5.91 Å². The van der Waals surface area contributed by atoms with Crippen LogP contribution in [0.1, 0.15) is 16.1 Å². The first-order valence-electron chi connectivity index (χ1n) is 7.87. The van der Waals surface area contributed by atoms with E-state index in [0.717, 1.165) is 9.86 Å². The summed E-state index contributed by atoms with van der Waals surface area (Å²) in [6.07, 6.45) is 6.68. The highest BCUT2D eigenvalue weighted by Crippen LogP contribution is 2.27. The van der Waals surface area contributed by atoms with Crippen LogP contribution in [0.4, 0.5) is 0 Å². The van der Waals surface area contributed by atoms with Crippen molar-refractivity contribution in [3.63, 3.8) is 0 Å². The van der Waals surface area contributed by atoms with E-state index in [1.54, 1.807) is 30.3 Å². The smallest absolute Gasteiger partial charge is 0.307 e. The molecule has 3 aromatic rings. The molecule has 2 aromatic carbocycles. The van der Waals surface area contributed by atoms with Crippen LogP contribution in [0.15, 0.2) is 56.5 Å². The van der Waals surface area contributed by atoms with Crippen molar-refractivity contribution in [3.05, 3.63) is 58.3 Å². The number of hydrogen-bond donors (Lipinski definition) is 1. The number of nitrogens with zero attached hydrogens (tertiary/aromatic N) is 1. The molecule has 7 heteroatoms. The second-order valence-corrected chi connectivity index (χ2v) is 6.31. The Morgan fingerprint density at radius 1 is 1.30 bits per heavy atom. The quantitative estimate of drug-likeness (QED) is 0.367. The van der Waals surface area contributed by atoms with Gasteiger partial charge < -0.3 is 13.9 Å². The molecule has 0 fully saturated rings. The second-order valence-electron chi connectivity index (χ2n) is 5.40. The van der Waals surface area contributed by atoms with E-state index in [1.807, 2.05) is 12.1 Å². The van der Waals surface area contributed by atoms with Crippen molar-refractivity contribution >= 4 is 39.0 Å². The van der Waals surface area contributed by atoms with Crippen molar-refractivity contribution in [1.82, 2.24) is 5.43 Å². The lowest BCUT2D eigenvalue weighted by Gasteiger charge is -2.08. The summed E-state index contributed by atoms with van der Waals surface area (Å²) in [5.74, 6) is 3.18. The third-order valence-corrected chi connectivity index (χ3v) is 4.07. The number of halogens is 1. The summed E-state index contributed by atoms with van der Waals surface area (Å²) in [6, 6.07) is 12.4. The first-order valence-corrected chi connectivity index (χ1v) is 8.67. The summed E-state index contributed by atoms with van der Waals surface area (Å²) in [4.78, 5) is 12.2. The highest BCUT2D eigenvalue weighted by Gasteiger charge is 2.11. The average Bonchev–Trinajstić information content (AvgIpc) is 3.10. The van der Waals surface area contributed by atoms with E-state index >= 15 is 0 Å². The van der Waals surface area contributed by atoms with Gasteiger partial charge in [0.15, 0.2) is 17.3 Å². The Labute approximate surface area is 164 Å². The number of carbonyl (C=O) groups is 1. The molecule has 0 spiro atoms. The molecule has 0 atom stereocenters. The summed E-state index contributed by atoms with van der Waals surface area (Å²) in [6.45, 7) is 0.147. The van der Waals surface area contributed by atoms with Crippen LogP contribution in [0, 0.1) is 12.3 Å². The maximum atomic E-state index is 12.2. The van der Waals surface area contributed by atoms with Crippen LogP contribution >= 0.6 is 15.9 Å². The monoisotopic (exact) mass is 426 g/mol. The largest absolute Gasteiger partial charge is 0.493 e. The van der Waals surface area contributed by atoms with E-state index in [0.29, 0.717) is 22.6 Å². The fraction of sp³-hybridized carbons (Fsp3) is 0.100. The minimum absolute atomic E-state index is 0.147. The SMILES string of the molecule is C#CCOc1ccc(/C=N/NC(=O)c2cc3cc(Br)ccc3o2)cc1OC. The van der Waals surface area contributed by atoms with Crippen LogP contribution in [0.25, 0.3) is 11.0 Å². The zero-order chi connectivity index (χ0) is 19.2. The lowest BCUT2D eigenvalue weighted by molar-refractivity contribution is 0.0929. The van der Waals surface area contributed by atoms with Gasteiger partial charge in [0.1, 0.15) is 12.2 Å². The second kappa shape index (κ2) is 8.43. The average molecular weight is 427 g/mol. The number of nitrogens with one attached hydrogen (secondary N) is 1. The van der Waals surface area contributed by atoms with Gasteiger partial charge in [-0.15, -0.1) is 6.42 Å². The number of benzene rings is 2. The van der Waals surface area contributed by atoms with Gasteiger partial charge in [-0.2, -0.15) is 5.10 Å². The number of rotatable bonds is 6. The molecule has 0 unspecified atom stereocenters. The molecular weight excluding hydrogens is 412 g/mol. The summed E-state index contributed by atoms with van der Waals surface area (Å²) < 4.78 is 17.1. The molecule has 0 aliphatic heterocycles. The van der Waals surface area contributed by atoms with Crippen LogP contribution in [0.3, 0.4) is 0 Å². The molecule has 0 aliphatic rings. The topological polar surface area (TPSA) is 73.1 Å². The Hall–Kier alpha value is -3.24. The number of furan rings is 1. The summed E-state index contributed by atoms with van der Waals surface area (Å²) in [5, 5.41) is 4.78. The minimum atomic E-state index is -0.445. The van der Waals surface area contributed by atoms with Crippen molar-refractivity contribution in [2.75, 3.05) is 13.7 Å². The standard InChI is InChI=1S/C20H15BrN2O4/c1-3-8-26-17-6-4-13(9-18(17)25-2)12-22-23-20(24)19-11-14-10-15(21)5-7-16(14)27-19/h1,4-7,9-12H,8H2,2H3,(H,23,24)/b22-12+. The highest BCUT2D eigenvalue weighted by atomic mass is 79.9. The van der Waals surface area contributed by atoms with Crippen LogP contribution in [0.5, 0.6) is 11.5 Å². The van der Waals surface area contributed by atoms with Gasteiger partial charge in [0.25, 0.3) is 0 Å². The number of amides is 1. The predicted octanol–water partition coefficient (Wildman–Crippen LogP) is 3.98. The van der Waals surface area contributed by atoms with Gasteiger partial charge in [-0.3, -0.25) is 4.79 Å². The van der Waals surface area contributed by atoms with Crippen LogP contribution < -0.4 is 14.9 Å². The third kappa shape index (κ3) is 4.49. The molecule has 27 heavy (non-hydrogen) atoms. The number of terminal acetylenes is 1. The summed E-state index contributed by atoms with van der Waals surface area (Å²) in [7, 11) is 1.53. The van der Waals surface area contributed by atoms with E-state index in [2.05, 4.69) is 32.4 Å². The zero-order valence-corrected chi connectivity index (χ0v) is 15.9. The lowest BCUT2D eigenvalue weighted by atomic mass is 10.2. The molecule has 0 radical (unpaired) electrons. The molecule has 3 rings (SSSR count). The molecule has 0 saturated heterocycles. The first kappa shape index (κ1) is 18.5. The Morgan fingerprint density at radius 3 is 2.93 bits per heavy atom. The van der Waals surface area contributed by atoms with Gasteiger partial charge in [0.2, 0.25) is 0 Å². The predicted molar refractivity (Wildman–Crippen MR) is 106 cm³/mol. The third-order valence-electron chi connectivity index (χ3n) is 3.58. The Bertz CT molecular complexity index is 1050. The molecule has 1 N–H and O–H groups in total. The van der Waals surface area contributed by atoms with E-state index in [-0.39, 0.29) is 12.4 Å². The van der Waals surface area contributed by atoms with Gasteiger partial charge in [-0.1, -0.05) is 21.9 Å². The molecule has 136 valence electrons. The Morgan fingerprint density at radius 2 is 2.15 bits per heavy atom.